The Labute approximate surface area is 93.7 Å². The first-order valence-corrected chi connectivity index (χ1v) is 6.24. The Hall–Kier alpha value is 0.160. The highest BCUT2D eigenvalue weighted by Gasteiger charge is 1.98. The molecule has 0 aliphatic heterocycles. The Morgan fingerprint density at radius 2 is 2.23 bits per heavy atom. The van der Waals surface area contributed by atoms with Crippen LogP contribution in [0.2, 0.25) is 0 Å². The molecule has 0 spiro atoms. The van der Waals surface area contributed by atoms with E-state index < -0.39 is 0 Å². The highest BCUT2D eigenvalue weighted by molar-refractivity contribution is 14.1. The van der Waals surface area contributed by atoms with Crippen molar-refractivity contribution in [3.8, 4) is 0 Å². The number of rotatable bonds is 8. The number of hydrogen-bond donors (Lipinski definition) is 1. The molecule has 0 saturated carbocycles. The van der Waals surface area contributed by atoms with E-state index in [-0.39, 0.29) is 12.5 Å². The monoisotopic (exact) mass is 299 g/mol. The number of hydrogen-bond acceptors (Lipinski definition) is 2. The van der Waals surface area contributed by atoms with Gasteiger partial charge < -0.3 is 10.1 Å². The van der Waals surface area contributed by atoms with Gasteiger partial charge in [-0.1, -0.05) is 29.5 Å². The molecule has 3 nitrogen and oxygen atoms in total. The molecule has 0 aromatic rings. The lowest BCUT2D eigenvalue weighted by Crippen LogP contribution is -2.28. The lowest BCUT2D eigenvalue weighted by atomic mass is 10.3. The first-order chi connectivity index (χ1) is 6.31. The molecular formula is C9H18INO2. The molecule has 78 valence electrons. The zero-order valence-corrected chi connectivity index (χ0v) is 10.3. The molecular weight excluding hydrogens is 281 g/mol. The minimum Gasteiger partial charge on any atom is -0.372 e. The van der Waals surface area contributed by atoms with Crippen LogP contribution in [0.5, 0.6) is 0 Å². The summed E-state index contributed by atoms with van der Waals surface area (Å²) in [6, 6.07) is 0. The van der Waals surface area contributed by atoms with E-state index in [0.29, 0.717) is 6.61 Å². The van der Waals surface area contributed by atoms with Crippen molar-refractivity contribution in [2.75, 3.05) is 24.2 Å². The molecule has 0 unspecified atom stereocenters. The quantitative estimate of drug-likeness (QED) is 0.421. The van der Waals surface area contributed by atoms with Crippen molar-refractivity contribution in [2.45, 2.75) is 26.2 Å². The molecule has 0 aromatic carbocycles. The summed E-state index contributed by atoms with van der Waals surface area (Å²) in [7, 11) is 0. The SMILES string of the molecule is CCCOCC(=O)NCCCCI. The Bertz CT molecular complexity index is 131. The molecule has 0 radical (unpaired) electrons. The van der Waals surface area contributed by atoms with Gasteiger partial charge in [-0.2, -0.15) is 0 Å². The van der Waals surface area contributed by atoms with E-state index in [2.05, 4.69) is 27.9 Å². The van der Waals surface area contributed by atoms with Crippen molar-refractivity contribution in [3.63, 3.8) is 0 Å². The lowest BCUT2D eigenvalue weighted by Gasteiger charge is -2.04. The number of unbranched alkanes of at least 4 members (excludes halogenated alkanes) is 1. The Morgan fingerprint density at radius 1 is 1.46 bits per heavy atom. The zero-order valence-electron chi connectivity index (χ0n) is 8.14. The van der Waals surface area contributed by atoms with E-state index >= 15 is 0 Å². The van der Waals surface area contributed by atoms with E-state index in [1.807, 2.05) is 6.92 Å². The molecule has 0 aliphatic carbocycles. The topological polar surface area (TPSA) is 38.3 Å². The van der Waals surface area contributed by atoms with Crippen LogP contribution in [-0.2, 0) is 9.53 Å². The molecule has 0 aliphatic rings. The largest absolute Gasteiger partial charge is 0.372 e. The van der Waals surface area contributed by atoms with Gasteiger partial charge in [0.2, 0.25) is 5.91 Å². The smallest absolute Gasteiger partial charge is 0.245 e. The molecule has 0 rings (SSSR count). The fourth-order valence-electron chi connectivity index (χ4n) is 0.808. The number of carbonyl (C=O) groups is 1. The van der Waals surface area contributed by atoms with Crippen LogP contribution in [0, 0.1) is 0 Å². The summed E-state index contributed by atoms with van der Waals surface area (Å²) < 4.78 is 6.24. The van der Waals surface area contributed by atoms with E-state index in [1.54, 1.807) is 0 Å². The maximum Gasteiger partial charge on any atom is 0.245 e. The minimum atomic E-state index is 0.00177. The second-order valence-electron chi connectivity index (χ2n) is 2.80. The fraction of sp³-hybridized carbons (Fsp3) is 0.889. The number of ether oxygens (including phenoxy) is 1. The summed E-state index contributed by atoms with van der Waals surface area (Å²) in [5.41, 5.74) is 0. The predicted octanol–water partition coefficient (Wildman–Crippen LogP) is 1.74. The predicted molar refractivity (Wildman–Crippen MR) is 62.2 cm³/mol. The zero-order chi connectivity index (χ0) is 9.94. The molecule has 1 amide bonds. The van der Waals surface area contributed by atoms with Gasteiger partial charge in [0.15, 0.2) is 0 Å². The van der Waals surface area contributed by atoms with Gasteiger partial charge in [-0.25, -0.2) is 0 Å². The maximum absolute atomic E-state index is 11.0. The van der Waals surface area contributed by atoms with Crippen LogP contribution < -0.4 is 5.32 Å². The van der Waals surface area contributed by atoms with E-state index in [9.17, 15) is 4.79 Å². The number of alkyl halides is 1. The van der Waals surface area contributed by atoms with Crippen molar-refractivity contribution >= 4 is 28.5 Å². The van der Waals surface area contributed by atoms with Crippen LogP contribution in [0.25, 0.3) is 0 Å². The second-order valence-corrected chi connectivity index (χ2v) is 3.88. The minimum absolute atomic E-state index is 0.00177. The summed E-state index contributed by atoms with van der Waals surface area (Å²) in [6.45, 7) is 3.68. The molecule has 0 fully saturated rings. The Morgan fingerprint density at radius 3 is 2.85 bits per heavy atom. The van der Waals surface area contributed by atoms with E-state index in [0.717, 1.165) is 30.2 Å². The number of amides is 1. The van der Waals surface area contributed by atoms with Gasteiger partial charge in [0, 0.05) is 13.2 Å². The van der Waals surface area contributed by atoms with Gasteiger partial charge in [-0.3, -0.25) is 4.79 Å². The van der Waals surface area contributed by atoms with Gasteiger partial charge in [-0.15, -0.1) is 0 Å². The van der Waals surface area contributed by atoms with Crippen LogP contribution in [0.4, 0.5) is 0 Å². The lowest BCUT2D eigenvalue weighted by molar-refractivity contribution is -0.125. The molecule has 0 heterocycles. The van der Waals surface area contributed by atoms with Gasteiger partial charge in [-0.05, 0) is 23.7 Å². The van der Waals surface area contributed by atoms with Crippen LogP contribution >= 0.6 is 22.6 Å². The van der Waals surface area contributed by atoms with Crippen molar-refractivity contribution in [1.29, 1.82) is 0 Å². The molecule has 0 aromatic heterocycles. The van der Waals surface area contributed by atoms with Crippen LogP contribution in [0.1, 0.15) is 26.2 Å². The van der Waals surface area contributed by atoms with Crippen molar-refractivity contribution < 1.29 is 9.53 Å². The average Bonchev–Trinajstić information content (AvgIpc) is 2.13. The fourth-order valence-corrected chi connectivity index (χ4v) is 1.35. The first-order valence-electron chi connectivity index (χ1n) is 4.71. The van der Waals surface area contributed by atoms with Crippen molar-refractivity contribution in [2.24, 2.45) is 0 Å². The average molecular weight is 299 g/mol. The van der Waals surface area contributed by atoms with Gasteiger partial charge in [0.05, 0.1) is 0 Å². The summed E-state index contributed by atoms with van der Waals surface area (Å²) in [5.74, 6) is 0.00177. The number of halogens is 1. The van der Waals surface area contributed by atoms with E-state index in [4.69, 9.17) is 4.74 Å². The maximum atomic E-state index is 11.0. The Kier molecular flexibility index (Phi) is 10.4. The second kappa shape index (κ2) is 10.2. The summed E-state index contributed by atoms with van der Waals surface area (Å²) in [4.78, 5) is 11.0. The van der Waals surface area contributed by atoms with Gasteiger partial charge in [0.1, 0.15) is 6.61 Å². The van der Waals surface area contributed by atoms with Gasteiger partial charge in [0.25, 0.3) is 0 Å². The highest BCUT2D eigenvalue weighted by atomic mass is 127. The van der Waals surface area contributed by atoms with E-state index in [1.165, 1.54) is 0 Å². The molecule has 0 saturated heterocycles. The molecule has 13 heavy (non-hydrogen) atoms. The third kappa shape index (κ3) is 10.1. The van der Waals surface area contributed by atoms with Crippen LogP contribution in [0.15, 0.2) is 0 Å². The Balaban J connectivity index is 3.11. The van der Waals surface area contributed by atoms with Crippen LogP contribution in [-0.4, -0.2) is 30.1 Å². The van der Waals surface area contributed by atoms with Crippen molar-refractivity contribution in [1.82, 2.24) is 5.32 Å². The summed E-state index contributed by atoms with van der Waals surface area (Å²) >= 11 is 2.33. The standard InChI is InChI=1S/C9H18INO2/c1-2-7-13-8-9(12)11-6-4-3-5-10/h2-8H2,1H3,(H,11,12). The molecule has 4 heteroatoms. The summed E-state index contributed by atoms with van der Waals surface area (Å²) in [5, 5.41) is 2.81. The van der Waals surface area contributed by atoms with Crippen molar-refractivity contribution in [3.05, 3.63) is 0 Å². The summed E-state index contributed by atoms with van der Waals surface area (Å²) in [6.07, 6.45) is 3.18. The van der Waals surface area contributed by atoms with Crippen LogP contribution in [0.3, 0.4) is 0 Å². The number of carbonyl (C=O) groups excluding carboxylic acids is 1. The first kappa shape index (κ1) is 13.2. The molecule has 0 bridgehead atoms. The highest BCUT2D eigenvalue weighted by Crippen LogP contribution is 1.92. The third-order valence-electron chi connectivity index (χ3n) is 1.46. The number of nitrogens with one attached hydrogen (secondary N) is 1. The molecule has 0 atom stereocenters. The molecule has 1 N–H and O–H groups in total. The van der Waals surface area contributed by atoms with Gasteiger partial charge >= 0.3 is 0 Å². The normalized spacial score (nSPS) is 10.0. The third-order valence-corrected chi connectivity index (χ3v) is 2.23.